The molecule has 22 heavy (non-hydrogen) atoms. The second-order valence-corrected chi connectivity index (χ2v) is 5.33. The average molecular weight is 294 g/mol. The van der Waals surface area contributed by atoms with E-state index < -0.39 is 0 Å². The summed E-state index contributed by atoms with van der Waals surface area (Å²) in [6.45, 7) is 5.94. The first-order valence-electron chi connectivity index (χ1n) is 7.09. The fourth-order valence-electron chi connectivity index (χ4n) is 2.31. The quantitative estimate of drug-likeness (QED) is 0.725. The van der Waals surface area contributed by atoms with Crippen molar-refractivity contribution in [3.8, 4) is 11.1 Å². The number of nitrogens with one attached hydrogen (secondary N) is 2. The molecule has 0 unspecified atom stereocenters. The lowest BCUT2D eigenvalue weighted by molar-refractivity contribution is 1.18. The average Bonchev–Trinajstić information content (AvgIpc) is 2.91. The van der Waals surface area contributed by atoms with Crippen LogP contribution in [0, 0.1) is 6.92 Å². The van der Waals surface area contributed by atoms with Gasteiger partial charge in [-0.15, -0.1) is 0 Å². The van der Waals surface area contributed by atoms with Crippen molar-refractivity contribution < 1.29 is 0 Å². The molecule has 0 aromatic carbocycles. The normalized spacial score (nSPS) is 10.7. The third-order valence-electron chi connectivity index (χ3n) is 3.35. The summed E-state index contributed by atoms with van der Waals surface area (Å²) in [5.74, 6) is 1.36. The number of anilines is 1. The number of nitrogens with zero attached hydrogens (tertiary/aromatic N) is 4. The Kier molecular flexibility index (Phi) is 3.58. The lowest BCUT2D eigenvalue weighted by Gasteiger charge is -2.04. The zero-order chi connectivity index (χ0) is 15.7. The van der Waals surface area contributed by atoms with Crippen LogP contribution in [0.15, 0.2) is 29.6 Å². The zero-order valence-electron chi connectivity index (χ0n) is 13.1. The Morgan fingerprint density at radius 1 is 1.23 bits per heavy atom. The lowest BCUT2D eigenvalue weighted by Crippen LogP contribution is -1.95. The molecule has 3 heterocycles. The predicted molar refractivity (Wildman–Crippen MR) is 89.8 cm³/mol. The molecule has 0 saturated heterocycles. The van der Waals surface area contributed by atoms with Crippen LogP contribution < -0.4 is 5.32 Å². The molecule has 0 aliphatic heterocycles. The zero-order valence-corrected chi connectivity index (χ0v) is 13.1. The monoisotopic (exact) mass is 294 g/mol. The van der Waals surface area contributed by atoms with Crippen LogP contribution in [0.25, 0.3) is 22.2 Å². The van der Waals surface area contributed by atoms with E-state index in [1.165, 1.54) is 0 Å². The highest BCUT2D eigenvalue weighted by atomic mass is 15.1. The standard InChI is InChI=1S/C16H18N6/c1-9(2)21-14-10(3)5-11(6-18-14)12-7-19-15-13(12)8-20-16(17-4)22-15/h5-8H,1-4H3,(H2,17,19,20,22). The molecule has 6 nitrogen and oxygen atoms in total. The van der Waals surface area contributed by atoms with Crippen LogP contribution in [0.1, 0.15) is 19.4 Å². The van der Waals surface area contributed by atoms with Gasteiger partial charge in [0.2, 0.25) is 5.95 Å². The highest BCUT2D eigenvalue weighted by molar-refractivity contribution is 5.93. The first kappa shape index (κ1) is 14.2. The van der Waals surface area contributed by atoms with Crippen LogP contribution in [-0.4, -0.2) is 32.7 Å². The Labute approximate surface area is 128 Å². The summed E-state index contributed by atoms with van der Waals surface area (Å²) >= 11 is 0. The number of H-pyrrole nitrogens is 1. The van der Waals surface area contributed by atoms with E-state index in [0.29, 0.717) is 5.95 Å². The summed E-state index contributed by atoms with van der Waals surface area (Å²) in [5, 5.41) is 3.91. The van der Waals surface area contributed by atoms with Crippen LogP contribution >= 0.6 is 0 Å². The molecule has 0 fully saturated rings. The SMILES string of the molecule is CNc1ncc2c(-c3cnc(N=C(C)C)c(C)c3)c[nH]c2n1. The van der Waals surface area contributed by atoms with Gasteiger partial charge in [0.1, 0.15) is 5.65 Å². The molecule has 0 saturated carbocycles. The van der Waals surface area contributed by atoms with E-state index in [0.717, 1.165) is 39.3 Å². The van der Waals surface area contributed by atoms with Gasteiger partial charge in [0.15, 0.2) is 5.82 Å². The van der Waals surface area contributed by atoms with Gasteiger partial charge in [-0.1, -0.05) is 0 Å². The van der Waals surface area contributed by atoms with E-state index in [9.17, 15) is 0 Å². The van der Waals surface area contributed by atoms with Crippen LogP contribution in [0.4, 0.5) is 11.8 Å². The van der Waals surface area contributed by atoms with Gasteiger partial charge in [0.05, 0.1) is 0 Å². The first-order valence-corrected chi connectivity index (χ1v) is 7.09. The van der Waals surface area contributed by atoms with Gasteiger partial charge in [0, 0.05) is 47.9 Å². The minimum absolute atomic E-state index is 0.596. The minimum Gasteiger partial charge on any atom is -0.357 e. The van der Waals surface area contributed by atoms with Crippen molar-refractivity contribution in [3.05, 3.63) is 30.2 Å². The van der Waals surface area contributed by atoms with Gasteiger partial charge in [-0.05, 0) is 32.4 Å². The Morgan fingerprint density at radius 2 is 2.05 bits per heavy atom. The number of rotatable bonds is 3. The topological polar surface area (TPSA) is 78.9 Å². The van der Waals surface area contributed by atoms with E-state index in [4.69, 9.17) is 0 Å². The maximum atomic E-state index is 4.46. The van der Waals surface area contributed by atoms with Gasteiger partial charge < -0.3 is 10.3 Å². The summed E-state index contributed by atoms with van der Waals surface area (Å²) in [5.41, 5.74) is 4.90. The molecule has 0 bridgehead atoms. The summed E-state index contributed by atoms with van der Waals surface area (Å²) in [6, 6.07) is 2.09. The van der Waals surface area contributed by atoms with Crippen molar-refractivity contribution in [3.63, 3.8) is 0 Å². The van der Waals surface area contributed by atoms with Crippen molar-refractivity contribution in [1.29, 1.82) is 0 Å². The van der Waals surface area contributed by atoms with Crippen LogP contribution in [0.5, 0.6) is 0 Å². The number of hydrogen-bond donors (Lipinski definition) is 2. The maximum Gasteiger partial charge on any atom is 0.224 e. The predicted octanol–water partition coefficient (Wildman–Crippen LogP) is 3.48. The summed E-state index contributed by atoms with van der Waals surface area (Å²) in [7, 11) is 1.80. The molecule has 112 valence electrons. The lowest BCUT2D eigenvalue weighted by atomic mass is 10.1. The van der Waals surface area contributed by atoms with Gasteiger partial charge in [0.25, 0.3) is 0 Å². The van der Waals surface area contributed by atoms with E-state index in [1.54, 1.807) is 7.05 Å². The van der Waals surface area contributed by atoms with Crippen LogP contribution in [0.3, 0.4) is 0 Å². The number of pyridine rings is 1. The number of aromatic nitrogens is 4. The van der Waals surface area contributed by atoms with Gasteiger partial charge in [-0.25, -0.2) is 15.0 Å². The van der Waals surface area contributed by atoms with Crippen molar-refractivity contribution in [2.24, 2.45) is 4.99 Å². The molecule has 2 N–H and O–H groups in total. The van der Waals surface area contributed by atoms with E-state index in [-0.39, 0.29) is 0 Å². The smallest absolute Gasteiger partial charge is 0.224 e. The van der Waals surface area contributed by atoms with Crippen LogP contribution in [0.2, 0.25) is 0 Å². The number of fused-ring (bicyclic) bond motifs is 1. The highest BCUT2D eigenvalue weighted by Gasteiger charge is 2.10. The van der Waals surface area contributed by atoms with Gasteiger partial charge >= 0.3 is 0 Å². The van der Waals surface area contributed by atoms with E-state index >= 15 is 0 Å². The molecule has 0 radical (unpaired) electrons. The third-order valence-corrected chi connectivity index (χ3v) is 3.35. The molecule has 3 aromatic rings. The second kappa shape index (κ2) is 5.55. The highest BCUT2D eigenvalue weighted by Crippen LogP contribution is 2.29. The van der Waals surface area contributed by atoms with E-state index in [2.05, 4.69) is 36.3 Å². The van der Waals surface area contributed by atoms with Gasteiger partial charge in [-0.3, -0.25) is 0 Å². The first-order chi connectivity index (χ1) is 10.6. The van der Waals surface area contributed by atoms with Crippen LogP contribution in [-0.2, 0) is 0 Å². The molecular weight excluding hydrogens is 276 g/mol. The summed E-state index contributed by atoms with van der Waals surface area (Å²) in [4.78, 5) is 20.8. The maximum absolute atomic E-state index is 4.46. The Bertz CT molecular complexity index is 858. The van der Waals surface area contributed by atoms with Crippen molar-refractivity contribution >= 4 is 28.5 Å². The molecule has 0 aliphatic rings. The van der Waals surface area contributed by atoms with Gasteiger partial charge in [-0.2, -0.15) is 4.98 Å². The largest absolute Gasteiger partial charge is 0.357 e. The molecule has 6 heteroatoms. The summed E-state index contributed by atoms with van der Waals surface area (Å²) < 4.78 is 0. The molecular formula is C16H18N6. The molecule has 3 rings (SSSR count). The molecule has 0 atom stereocenters. The number of aryl methyl sites for hydroxylation is 1. The molecule has 0 aliphatic carbocycles. The van der Waals surface area contributed by atoms with Crippen molar-refractivity contribution in [2.45, 2.75) is 20.8 Å². The fraction of sp³-hybridized carbons (Fsp3) is 0.250. The van der Waals surface area contributed by atoms with Crippen molar-refractivity contribution in [2.75, 3.05) is 12.4 Å². The summed E-state index contributed by atoms with van der Waals surface area (Å²) in [6.07, 6.45) is 5.59. The fourth-order valence-corrected chi connectivity index (χ4v) is 2.31. The number of aromatic amines is 1. The Hall–Kier alpha value is -2.76. The van der Waals surface area contributed by atoms with Crippen molar-refractivity contribution in [1.82, 2.24) is 19.9 Å². The molecule has 0 amide bonds. The Morgan fingerprint density at radius 3 is 2.73 bits per heavy atom. The minimum atomic E-state index is 0.596. The second-order valence-electron chi connectivity index (χ2n) is 5.33. The Balaban J connectivity index is 2.08. The molecule has 0 spiro atoms. The number of aliphatic imine (C=N–C) groups is 1. The van der Waals surface area contributed by atoms with E-state index in [1.807, 2.05) is 39.4 Å². The molecule has 3 aromatic heterocycles. The number of hydrogen-bond acceptors (Lipinski definition) is 5. The third kappa shape index (κ3) is 2.55.